The molecule has 21 heavy (non-hydrogen) atoms. The number of hydrogen-bond donors (Lipinski definition) is 1. The minimum atomic E-state index is -0.297. The molecule has 0 unspecified atom stereocenters. The fraction of sp³-hybridized carbons (Fsp3) is 0.118. The summed E-state index contributed by atoms with van der Waals surface area (Å²) in [6.07, 6.45) is 0. The second-order valence-electron chi connectivity index (χ2n) is 5.03. The summed E-state index contributed by atoms with van der Waals surface area (Å²) >= 11 is 1.30. The number of nitrogens with one attached hydrogen (secondary N) is 1. The van der Waals surface area contributed by atoms with Gasteiger partial charge in [0, 0.05) is 15.8 Å². The van der Waals surface area contributed by atoms with Crippen LogP contribution in [-0.2, 0) is 0 Å². The van der Waals surface area contributed by atoms with Gasteiger partial charge >= 0.3 is 0 Å². The average Bonchev–Trinajstić information content (AvgIpc) is 2.88. The van der Waals surface area contributed by atoms with Crippen molar-refractivity contribution in [3.63, 3.8) is 0 Å². The molecular formula is C17H14FNOS. The molecule has 1 aromatic heterocycles. The number of aryl methyl sites for hydroxylation is 2. The minimum Gasteiger partial charge on any atom is -0.321 e. The van der Waals surface area contributed by atoms with Crippen LogP contribution >= 0.6 is 11.3 Å². The molecule has 0 atom stereocenters. The number of anilines is 1. The molecule has 2 aromatic carbocycles. The Morgan fingerprint density at radius 1 is 1.14 bits per heavy atom. The van der Waals surface area contributed by atoms with Crippen LogP contribution in [0.4, 0.5) is 10.1 Å². The Morgan fingerprint density at radius 3 is 2.71 bits per heavy atom. The zero-order valence-electron chi connectivity index (χ0n) is 11.7. The maximum atomic E-state index is 13.7. The average molecular weight is 299 g/mol. The number of carbonyl (C=O) groups excluding carboxylic acids is 1. The van der Waals surface area contributed by atoms with Gasteiger partial charge < -0.3 is 5.32 Å². The second-order valence-corrected chi connectivity index (χ2v) is 6.12. The fourth-order valence-corrected chi connectivity index (χ4v) is 3.16. The van der Waals surface area contributed by atoms with Crippen LogP contribution < -0.4 is 5.32 Å². The first kappa shape index (κ1) is 13.8. The van der Waals surface area contributed by atoms with Crippen molar-refractivity contribution in [3.05, 3.63) is 64.3 Å². The van der Waals surface area contributed by atoms with Crippen LogP contribution in [0.15, 0.2) is 42.5 Å². The van der Waals surface area contributed by atoms with Crippen molar-refractivity contribution in [2.24, 2.45) is 0 Å². The van der Waals surface area contributed by atoms with E-state index >= 15 is 0 Å². The predicted octanol–water partition coefficient (Wildman–Crippen LogP) is 4.91. The largest absolute Gasteiger partial charge is 0.321 e. The van der Waals surface area contributed by atoms with Gasteiger partial charge in [-0.2, -0.15) is 0 Å². The highest BCUT2D eigenvalue weighted by molar-refractivity contribution is 7.20. The maximum Gasteiger partial charge on any atom is 0.265 e. The van der Waals surface area contributed by atoms with Gasteiger partial charge in [-0.25, -0.2) is 4.39 Å². The number of benzene rings is 2. The van der Waals surface area contributed by atoms with Crippen molar-refractivity contribution < 1.29 is 9.18 Å². The van der Waals surface area contributed by atoms with Gasteiger partial charge in [0.1, 0.15) is 5.82 Å². The molecule has 1 N–H and O–H groups in total. The number of amides is 1. The van der Waals surface area contributed by atoms with E-state index in [1.807, 2.05) is 38.1 Å². The summed E-state index contributed by atoms with van der Waals surface area (Å²) in [5.74, 6) is -0.501. The maximum absolute atomic E-state index is 13.7. The third kappa shape index (κ3) is 2.67. The zero-order chi connectivity index (χ0) is 15.0. The second kappa shape index (κ2) is 5.30. The van der Waals surface area contributed by atoms with E-state index in [1.54, 1.807) is 12.1 Å². The van der Waals surface area contributed by atoms with Crippen LogP contribution in [0, 0.1) is 19.7 Å². The van der Waals surface area contributed by atoms with Crippen molar-refractivity contribution in [3.8, 4) is 0 Å². The molecule has 0 saturated heterocycles. The Balaban J connectivity index is 1.93. The molecule has 1 amide bonds. The topological polar surface area (TPSA) is 29.1 Å². The molecule has 0 fully saturated rings. The Labute approximate surface area is 126 Å². The zero-order valence-corrected chi connectivity index (χ0v) is 12.6. The Hall–Kier alpha value is -2.20. The lowest BCUT2D eigenvalue weighted by atomic mass is 10.1. The number of thiophene rings is 1. The summed E-state index contributed by atoms with van der Waals surface area (Å²) in [5, 5.41) is 3.39. The van der Waals surface area contributed by atoms with Gasteiger partial charge in [-0.05, 0) is 49.2 Å². The summed E-state index contributed by atoms with van der Waals surface area (Å²) < 4.78 is 14.5. The van der Waals surface area contributed by atoms with Crippen LogP contribution in [0.2, 0.25) is 0 Å². The van der Waals surface area contributed by atoms with Crippen LogP contribution in [-0.4, -0.2) is 5.91 Å². The molecule has 3 aromatic rings. The van der Waals surface area contributed by atoms with Crippen LogP contribution in [0.5, 0.6) is 0 Å². The van der Waals surface area contributed by atoms with Crippen molar-refractivity contribution >= 4 is 33.0 Å². The molecule has 0 aliphatic carbocycles. The minimum absolute atomic E-state index is 0.204. The van der Waals surface area contributed by atoms with E-state index in [2.05, 4.69) is 5.32 Å². The van der Waals surface area contributed by atoms with Crippen LogP contribution in [0.3, 0.4) is 0 Å². The Morgan fingerprint density at radius 2 is 1.95 bits per heavy atom. The molecule has 2 nitrogen and oxygen atoms in total. The molecule has 106 valence electrons. The lowest BCUT2D eigenvalue weighted by molar-refractivity contribution is 0.103. The first-order chi connectivity index (χ1) is 10.0. The van der Waals surface area contributed by atoms with E-state index in [1.165, 1.54) is 17.4 Å². The van der Waals surface area contributed by atoms with Gasteiger partial charge in [-0.15, -0.1) is 11.3 Å². The molecule has 4 heteroatoms. The summed E-state index contributed by atoms with van der Waals surface area (Å²) in [6, 6.07) is 12.4. The lowest BCUT2D eigenvalue weighted by Crippen LogP contribution is -2.11. The van der Waals surface area contributed by atoms with Crippen LogP contribution in [0.25, 0.3) is 10.1 Å². The summed E-state index contributed by atoms with van der Waals surface area (Å²) in [7, 11) is 0. The molecule has 0 saturated carbocycles. The lowest BCUT2D eigenvalue weighted by Gasteiger charge is -2.08. The first-order valence-electron chi connectivity index (χ1n) is 6.61. The molecule has 0 radical (unpaired) electrons. The molecular weight excluding hydrogens is 285 g/mol. The number of fused-ring (bicyclic) bond motifs is 1. The highest BCUT2D eigenvalue weighted by atomic mass is 32.1. The van der Waals surface area contributed by atoms with Gasteiger partial charge in [0.15, 0.2) is 0 Å². The molecule has 1 heterocycles. The number of rotatable bonds is 2. The Kier molecular flexibility index (Phi) is 3.47. The number of halogens is 1. The molecule has 0 aliphatic heterocycles. The van der Waals surface area contributed by atoms with Gasteiger partial charge in [0.05, 0.1) is 4.88 Å². The van der Waals surface area contributed by atoms with E-state index < -0.39 is 0 Å². The third-order valence-electron chi connectivity index (χ3n) is 3.37. The SMILES string of the molecule is Cc1ccc(C)c(NC(=O)c2cc3c(F)cccc3s2)c1. The summed E-state index contributed by atoms with van der Waals surface area (Å²) in [4.78, 5) is 12.8. The Bertz CT molecular complexity index is 838. The van der Waals surface area contributed by atoms with Crippen LogP contribution in [0.1, 0.15) is 20.8 Å². The van der Waals surface area contributed by atoms with E-state index in [9.17, 15) is 9.18 Å². The molecule has 0 bridgehead atoms. The molecule has 0 aliphatic rings. The summed E-state index contributed by atoms with van der Waals surface area (Å²) in [5.41, 5.74) is 2.87. The number of hydrogen-bond acceptors (Lipinski definition) is 2. The van der Waals surface area contributed by atoms with Gasteiger partial charge in [0.25, 0.3) is 5.91 Å². The van der Waals surface area contributed by atoms with E-state index in [4.69, 9.17) is 0 Å². The first-order valence-corrected chi connectivity index (χ1v) is 7.43. The van der Waals surface area contributed by atoms with E-state index in [-0.39, 0.29) is 11.7 Å². The van der Waals surface area contributed by atoms with Gasteiger partial charge in [-0.1, -0.05) is 18.2 Å². The van der Waals surface area contributed by atoms with Gasteiger partial charge in [0.2, 0.25) is 0 Å². The highest BCUT2D eigenvalue weighted by Crippen LogP contribution is 2.28. The van der Waals surface area contributed by atoms with Gasteiger partial charge in [-0.3, -0.25) is 4.79 Å². The fourth-order valence-electron chi connectivity index (χ4n) is 2.19. The van der Waals surface area contributed by atoms with E-state index in [0.29, 0.717) is 10.3 Å². The van der Waals surface area contributed by atoms with Crippen molar-refractivity contribution in [1.82, 2.24) is 0 Å². The van der Waals surface area contributed by atoms with Crippen molar-refractivity contribution in [2.75, 3.05) is 5.32 Å². The smallest absolute Gasteiger partial charge is 0.265 e. The highest BCUT2D eigenvalue weighted by Gasteiger charge is 2.13. The monoisotopic (exact) mass is 299 g/mol. The van der Waals surface area contributed by atoms with Crippen molar-refractivity contribution in [2.45, 2.75) is 13.8 Å². The van der Waals surface area contributed by atoms with Crippen molar-refractivity contribution in [1.29, 1.82) is 0 Å². The quantitative estimate of drug-likeness (QED) is 0.715. The van der Waals surface area contributed by atoms with E-state index in [0.717, 1.165) is 21.5 Å². The normalized spacial score (nSPS) is 10.8. The molecule has 0 spiro atoms. The third-order valence-corrected chi connectivity index (χ3v) is 4.47. The molecule has 3 rings (SSSR count). The number of carbonyl (C=O) groups is 1. The summed E-state index contributed by atoms with van der Waals surface area (Å²) in [6.45, 7) is 3.92. The predicted molar refractivity (Wildman–Crippen MR) is 85.7 cm³/mol. The standard InChI is InChI=1S/C17H14FNOS/c1-10-6-7-11(2)14(8-10)19-17(20)16-9-12-13(18)4-3-5-15(12)21-16/h3-9H,1-2H3,(H,19,20).